The molecular weight excluding hydrogens is 412 g/mol. The Hall–Kier alpha value is -3.46. The molecule has 168 valence electrons. The first-order valence-corrected chi connectivity index (χ1v) is 10.6. The van der Waals surface area contributed by atoms with Crippen LogP contribution in [0.25, 0.3) is 10.9 Å². The molecule has 0 bridgehead atoms. The van der Waals surface area contributed by atoms with Gasteiger partial charge in [-0.05, 0) is 42.7 Å². The zero-order valence-electron chi connectivity index (χ0n) is 18.0. The SMILES string of the molecule is COc1cc(CNC(=O)CCn2nnc3ccccc3c2=O)ccc1OCC1CCCO1. The lowest BCUT2D eigenvalue weighted by Gasteiger charge is -2.15. The average molecular weight is 438 g/mol. The predicted octanol–water partition coefficient (Wildman–Crippen LogP) is 2.06. The number of nitrogens with one attached hydrogen (secondary N) is 1. The largest absolute Gasteiger partial charge is 0.493 e. The highest BCUT2D eigenvalue weighted by Gasteiger charge is 2.17. The van der Waals surface area contributed by atoms with E-state index in [1.54, 1.807) is 31.4 Å². The van der Waals surface area contributed by atoms with Gasteiger partial charge in [-0.3, -0.25) is 9.59 Å². The van der Waals surface area contributed by atoms with Crippen molar-refractivity contribution in [2.24, 2.45) is 0 Å². The van der Waals surface area contributed by atoms with Gasteiger partial charge in [-0.15, -0.1) is 5.10 Å². The summed E-state index contributed by atoms with van der Waals surface area (Å²) in [5, 5.41) is 11.3. The minimum absolute atomic E-state index is 0.118. The van der Waals surface area contributed by atoms with E-state index in [0.717, 1.165) is 25.0 Å². The van der Waals surface area contributed by atoms with Gasteiger partial charge in [-0.2, -0.15) is 0 Å². The summed E-state index contributed by atoms with van der Waals surface area (Å²) in [7, 11) is 1.58. The van der Waals surface area contributed by atoms with E-state index < -0.39 is 0 Å². The monoisotopic (exact) mass is 438 g/mol. The molecule has 1 atom stereocenters. The van der Waals surface area contributed by atoms with Gasteiger partial charge in [-0.25, -0.2) is 4.68 Å². The van der Waals surface area contributed by atoms with Crippen LogP contribution in [0.4, 0.5) is 0 Å². The summed E-state index contributed by atoms with van der Waals surface area (Å²) < 4.78 is 18.1. The fourth-order valence-electron chi connectivity index (χ4n) is 3.57. The molecule has 1 fully saturated rings. The highest BCUT2D eigenvalue weighted by atomic mass is 16.5. The quantitative estimate of drug-likeness (QED) is 0.545. The average Bonchev–Trinajstić information content (AvgIpc) is 3.35. The molecular formula is C23H26N4O5. The fraction of sp³-hybridized carbons (Fsp3) is 0.391. The van der Waals surface area contributed by atoms with E-state index in [0.29, 0.717) is 35.6 Å². The number of amides is 1. The summed E-state index contributed by atoms with van der Waals surface area (Å²) in [5.41, 5.74) is 1.16. The molecule has 2 aromatic carbocycles. The normalized spacial score (nSPS) is 15.6. The van der Waals surface area contributed by atoms with E-state index in [1.165, 1.54) is 4.68 Å². The summed E-state index contributed by atoms with van der Waals surface area (Å²) in [5.74, 6) is 1.06. The van der Waals surface area contributed by atoms with Gasteiger partial charge in [0.15, 0.2) is 11.5 Å². The second kappa shape index (κ2) is 10.2. The zero-order valence-corrected chi connectivity index (χ0v) is 18.0. The van der Waals surface area contributed by atoms with Crippen LogP contribution in [0.1, 0.15) is 24.8 Å². The third kappa shape index (κ3) is 5.23. The number of carbonyl (C=O) groups is 1. The van der Waals surface area contributed by atoms with Gasteiger partial charge in [0.05, 0.1) is 25.1 Å². The summed E-state index contributed by atoms with van der Waals surface area (Å²) >= 11 is 0. The number of rotatable bonds is 9. The maximum Gasteiger partial charge on any atom is 0.277 e. The van der Waals surface area contributed by atoms with Crippen LogP contribution in [-0.2, 0) is 22.6 Å². The van der Waals surface area contributed by atoms with Crippen LogP contribution in [0.15, 0.2) is 47.3 Å². The van der Waals surface area contributed by atoms with Crippen LogP contribution < -0.4 is 20.3 Å². The molecule has 3 aromatic rings. The van der Waals surface area contributed by atoms with E-state index in [-0.39, 0.29) is 30.5 Å². The Morgan fingerprint density at radius 3 is 2.94 bits per heavy atom. The third-order valence-electron chi connectivity index (χ3n) is 5.35. The van der Waals surface area contributed by atoms with Gasteiger partial charge in [0, 0.05) is 19.6 Å². The second-order valence-electron chi connectivity index (χ2n) is 7.59. The fourth-order valence-corrected chi connectivity index (χ4v) is 3.57. The van der Waals surface area contributed by atoms with E-state index in [4.69, 9.17) is 14.2 Å². The number of hydrogen-bond acceptors (Lipinski definition) is 7. The van der Waals surface area contributed by atoms with Crippen LogP contribution >= 0.6 is 0 Å². The number of methoxy groups -OCH3 is 1. The molecule has 0 saturated carbocycles. The van der Waals surface area contributed by atoms with Gasteiger partial charge in [0.25, 0.3) is 5.56 Å². The molecule has 1 unspecified atom stereocenters. The number of hydrogen-bond donors (Lipinski definition) is 1. The minimum Gasteiger partial charge on any atom is -0.493 e. The molecule has 1 amide bonds. The Labute approximate surface area is 185 Å². The number of benzene rings is 2. The molecule has 4 rings (SSSR count). The summed E-state index contributed by atoms with van der Waals surface area (Å²) in [4.78, 5) is 24.7. The summed E-state index contributed by atoms with van der Waals surface area (Å²) in [6, 6.07) is 12.6. The molecule has 9 heteroatoms. The molecule has 0 spiro atoms. The maximum atomic E-state index is 12.5. The lowest BCUT2D eigenvalue weighted by molar-refractivity contribution is -0.121. The lowest BCUT2D eigenvalue weighted by Crippen LogP contribution is -2.29. The van der Waals surface area contributed by atoms with Gasteiger partial charge in [0.1, 0.15) is 12.1 Å². The maximum absolute atomic E-state index is 12.5. The number of nitrogens with zero attached hydrogens (tertiary/aromatic N) is 3. The molecule has 0 aliphatic carbocycles. The van der Waals surface area contributed by atoms with Crippen molar-refractivity contribution in [2.45, 2.75) is 38.5 Å². The first kappa shape index (κ1) is 21.8. The van der Waals surface area contributed by atoms with Crippen LogP contribution in [0.3, 0.4) is 0 Å². The number of fused-ring (bicyclic) bond motifs is 1. The third-order valence-corrected chi connectivity index (χ3v) is 5.35. The van der Waals surface area contributed by atoms with Crippen molar-refractivity contribution < 1.29 is 19.0 Å². The molecule has 9 nitrogen and oxygen atoms in total. The predicted molar refractivity (Wildman–Crippen MR) is 118 cm³/mol. The Balaban J connectivity index is 1.29. The van der Waals surface area contributed by atoms with Crippen molar-refractivity contribution in [3.05, 3.63) is 58.4 Å². The molecule has 32 heavy (non-hydrogen) atoms. The van der Waals surface area contributed by atoms with Crippen LogP contribution in [0, 0.1) is 0 Å². The van der Waals surface area contributed by atoms with Crippen LogP contribution in [-0.4, -0.2) is 47.3 Å². The van der Waals surface area contributed by atoms with Crippen molar-refractivity contribution in [3.8, 4) is 11.5 Å². The molecule has 1 saturated heterocycles. The van der Waals surface area contributed by atoms with Gasteiger partial charge in [-0.1, -0.05) is 23.4 Å². The number of aryl methyl sites for hydroxylation is 1. The molecule has 1 N–H and O–H groups in total. The van der Waals surface area contributed by atoms with Crippen LogP contribution in [0.2, 0.25) is 0 Å². The van der Waals surface area contributed by atoms with Gasteiger partial charge in [0.2, 0.25) is 5.91 Å². The molecule has 1 aromatic heterocycles. The minimum atomic E-state index is -0.258. The standard InChI is InChI=1S/C23H26N4O5/c1-30-21-13-16(8-9-20(21)32-15-17-5-4-12-31-17)14-24-22(28)10-11-27-23(29)18-6-2-3-7-19(18)25-26-27/h2-3,6-9,13,17H,4-5,10-12,14-15H2,1H3,(H,24,28). The summed E-state index contributed by atoms with van der Waals surface area (Å²) in [6.07, 6.45) is 2.31. The van der Waals surface area contributed by atoms with Crippen molar-refractivity contribution in [2.75, 3.05) is 20.3 Å². The Bertz CT molecular complexity index is 1140. The van der Waals surface area contributed by atoms with Crippen molar-refractivity contribution in [1.29, 1.82) is 0 Å². The van der Waals surface area contributed by atoms with Gasteiger partial charge >= 0.3 is 0 Å². The molecule has 0 radical (unpaired) electrons. The van der Waals surface area contributed by atoms with Crippen molar-refractivity contribution in [1.82, 2.24) is 20.3 Å². The van der Waals surface area contributed by atoms with Gasteiger partial charge < -0.3 is 19.5 Å². The summed E-state index contributed by atoms with van der Waals surface area (Å²) in [6.45, 7) is 1.76. The smallest absolute Gasteiger partial charge is 0.277 e. The molecule has 1 aliphatic rings. The Kier molecular flexibility index (Phi) is 6.96. The first-order chi connectivity index (χ1) is 15.6. The highest BCUT2D eigenvalue weighted by molar-refractivity contribution is 5.77. The van der Waals surface area contributed by atoms with Crippen LogP contribution in [0.5, 0.6) is 11.5 Å². The second-order valence-corrected chi connectivity index (χ2v) is 7.59. The zero-order chi connectivity index (χ0) is 22.3. The van der Waals surface area contributed by atoms with E-state index in [1.807, 2.05) is 18.2 Å². The topological polar surface area (TPSA) is 105 Å². The highest BCUT2D eigenvalue weighted by Crippen LogP contribution is 2.29. The first-order valence-electron chi connectivity index (χ1n) is 10.6. The van der Waals surface area contributed by atoms with E-state index in [9.17, 15) is 9.59 Å². The number of aromatic nitrogens is 3. The number of ether oxygens (including phenoxy) is 3. The lowest BCUT2D eigenvalue weighted by atomic mass is 10.2. The van der Waals surface area contributed by atoms with Crippen molar-refractivity contribution >= 4 is 16.8 Å². The number of carbonyl (C=O) groups excluding carboxylic acids is 1. The molecule has 2 heterocycles. The van der Waals surface area contributed by atoms with E-state index >= 15 is 0 Å². The molecule has 1 aliphatic heterocycles. The Morgan fingerprint density at radius 2 is 2.12 bits per heavy atom. The van der Waals surface area contributed by atoms with Crippen molar-refractivity contribution in [3.63, 3.8) is 0 Å². The Morgan fingerprint density at radius 1 is 1.25 bits per heavy atom. The van der Waals surface area contributed by atoms with E-state index in [2.05, 4.69) is 15.6 Å².